The van der Waals surface area contributed by atoms with Crippen molar-refractivity contribution in [3.05, 3.63) is 83.2 Å². The number of rotatable bonds is 13. The number of nitrogens with zero attached hydrogens (tertiary/aromatic N) is 2. The van der Waals surface area contributed by atoms with Crippen molar-refractivity contribution >= 4 is 45.0 Å². The molecular formula is C41H52N2O5S2. The monoisotopic (exact) mass is 716 g/mol. The number of aryl methyl sites for hydroxylation is 1. The number of allylic oxidation sites excluding steroid dienone is 3. The van der Waals surface area contributed by atoms with Crippen LogP contribution in [0.2, 0.25) is 0 Å². The molecule has 0 radical (unpaired) electrons. The van der Waals surface area contributed by atoms with E-state index in [-0.39, 0.29) is 53.6 Å². The molecule has 1 aromatic heterocycles. The standard InChI is InChI=1S/C41H52N2O5S2/c1-27-20-30(24-42-23-27)34-12-13-35-33-11-10-31-22-32(14-17-40(31,3)36(33)15-18-41(34,35)4)48-39(47)21-28(2)50-49-19-16-37(44)43(26-38(45)46)25-29-8-6-5-7-9-29/h5-10,12,20,23-24,28,32-33,35-36H,11,13-19,21-22,25-26H2,1-4H3,(H,45,46)/t28-,32-,33-,35-,36-,40-,41+/m0/s1. The number of carboxylic acids is 1. The Morgan fingerprint density at radius 2 is 1.82 bits per heavy atom. The maximum atomic E-state index is 13.0. The molecule has 268 valence electrons. The zero-order valence-corrected chi connectivity index (χ0v) is 31.6. The Morgan fingerprint density at radius 3 is 2.58 bits per heavy atom. The van der Waals surface area contributed by atoms with Gasteiger partial charge in [-0.3, -0.25) is 19.4 Å². The Bertz CT molecular complexity index is 1630. The lowest BCUT2D eigenvalue weighted by molar-refractivity contribution is -0.151. The van der Waals surface area contributed by atoms with Crippen LogP contribution in [-0.2, 0) is 25.7 Å². The Labute approximate surface area is 305 Å². The second-order valence-electron chi connectivity index (χ2n) is 15.5. The first-order valence-electron chi connectivity index (χ1n) is 18.3. The zero-order valence-electron chi connectivity index (χ0n) is 29.9. The molecule has 7 nitrogen and oxygen atoms in total. The van der Waals surface area contributed by atoms with Crippen molar-refractivity contribution in [1.29, 1.82) is 0 Å². The number of amides is 1. The number of hydrogen-bond donors (Lipinski definition) is 1. The van der Waals surface area contributed by atoms with Crippen LogP contribution in [0.4, 0.5) is 0 Å². The summed E-state index contributed by atoms with van der Waals surface area (Å²) in [6.07, 6.45) is 17.1. The van der Waals surface area contributed by atoms with Crippen LogP contribution < -0.4 is 0 Å². The Kier molecular flexibility index (Phi) is 11.5. The van der Waals surface area contributed by atoms with E-state index in [2.05, 4.69) is 50.2 Å². The van der Waals surface area contributed by atoms with Crippen LogP contribution in [0.15, 0.2) is 66.5 Å². The van der Waals surface area contributed by atoms with E-state index in [1.165, 1.54) is 40.0 Å². The molecule has 4 aliphatic carbocycles. The van der Waals surface area contributed by atoms with Crippen molar-refractivity contribution in [3.8, 4) is 0 Å². The van der Waals surface area contributed by atoms with E-state index in [0.717, 1.165) is 37.7 Å². The van der Waals surface area contributed by atoms with Gasteiger partial charge < -0.3 is 14.7 Å². The molecule has 7 atom stereocenters. The first kappa shape index (κ1) is 36.7. The SMILES string of the molecule is Cc1cncc(C2=CC[C@H]3[C@@H]4CC=C5C[C@@H](OC(=O)C[C@H](C)SSCCC(=O)N(CC(=O)O)Cc6ccccc6)CC[C@]5(C)[C@H]4CC[C@]23C)c1. The molecular weight excluding hydrogens is 665 g/mol. The molecule has 0 unspecified atom stereocenters. The summed E-state index contributed by atoms with van der Waals surface area (Å²) in [6.45, 7) is 9.10. The quantitative estimate of drug-likeness (QED) is 0.0951. The fourth-order valence-corrected chi connectivity index (χ4v) is 11.8. The normalized spacial score (nSPS) is 29.0. The molecule has 6 rings (SSSR count). The van der Waals surface area contributed by atoms with Crippen LogP contribution in [-0.4, -0.2) is 56.5 Å². The van der Waals surface area contributed by atoms with E-state index in [1.807, 2.05) is 43.5 Å². The van der Waals surface area contributed by atoms with Gasteiger partial charge in [0.2, 0.25) is 5.91 Å². The number of aliphatic carboxylic acids is 1. The van der Waals surface area contributed by atoms with Crippen LogP contribution in [0.25, 0.3) is 5.57 Å². The fraction of sp³-hybridized carbons (Fsp3) is 0.561. The molecule has 0 spiro atoms. The van der Waals surface area contributed by atoms with Gasteiger partial charge in [0.25, 0.3) is 0 Å². The van der Waals surface area contributed by atoms with Gasteiger partial charge in [-0.1, -0.05) is 90.4 Å². The van der Waals surface area contributed by atoms with Crippen molar-refractivity contribution in [2.24, 2.45) is 28.6 Å². The predicted molar refractivity (Wildman–Crippen MR) is 202 cm³/mol. The third kappa shape index (κ3) is 8.04. The van der Waals surface area contributed by atoms with Crippen LogP contribution in [0.3, 0.4) is 0 Å². The summed E-state index contributed by atoms with van der Waals surface area (Å²) in [5.41, 5.74) is 6.82. The molecule has 2 fully saturated rings. The lowest BCUT2D eigenvalue weighted by atomic mass is 9.47. The summed E-state index contributed by atoms with van der Waals surface area (Å²) in [6, 6.07) is 11.7. The zero-order chi connectivity index (χ0) is 35.5. The maximum absolute atomic E-state index is 13.0. The van der Waals surface area contributed by atoms with E-state index < -0.39 is 5.97 Å². The highest BCUT2D eigenvalue weighted by molar-refractivity contribution is 8.76. The first-order chi connectivity index (χ1) is 24.0. The summed E-state index contributed by atoms with van der Waals surface area (Å²) < 4.78 is 6.09. The number of fused-ring (bicyclic) bond motifs is 5. The predicted octanol–water partition coefficient (Wildman–Crippen LogP) is 8.92. The highest BCUT2D eigenvalue weighted by Crippen LogP contribution is 2.66. The van der Waals surface area contributed by atoms with Crippen LogP contribution in [0, 0.1) is 35.5 Å². The van der Waals surface area contributed by atoms with Gasteiger partial charge in [-0.25, -0.2) is 0 Å². The number of benzene rings is 1. The van der Waals surface area contributed by atoms with Crippen LogP contribution in [0.1, 0.15) is 95.2 Å². The second-order valence-corrected chi connectivity index (χ2v) is 18.4. The Morgan fingerprint density at radius 1 is 1.04 bits per heavy atom. The molecule has 1 amide bonds. The van der Waals surface area contributed by atoms with Crippen molar-refractivity contribution in [3.63, 3.8) is 0 Å². The number of pyridine rings is 1. The first-order valence-corrected chi connectivity index (χ1v) is 20.7. The topological polar surface area (TPSA) is 96.8 Å². The number of ether oxygens (including phenoxy) is 1. The number of carboxylic acid groups (broad SMARTS) is 1. The van der Waals surface area contributed by atoms with Crippen molar-refractivity contribution < 1.29 is 24.2 Å². The minimum absolute atomic E-state index is 0.0441. The van der Waals surface area contributed by atoms with Gasteiger partial charge >= 0.3 is 11.9 Å². The number of esters is 1. The lowest BCUT2D eigenvalue weighted by Crippen LogP contribution is -2.50. The van der Waals surface area contributed by atoms with E-state index >= 15 is 0 Å². The number of carbonyl (C=O) groups excluding carboxylic acids is 2. The molecule has 1 aromatic carbocycles. The Balaban J connectivity index is 0.955. The molecule has 1 N–H and O–H groups in total. The maximum Gasteiger partial charge on any atom is 0.323 e. The fourth-order valence-electron chi connectivity index (χ4n) is 9.60. The van der Waals surface area contributed by atoms with Gasteiger partial charge in [-0.2, -0.15) is 0 Å². The van der Waals surface area contributed by atoms with Gasteiger partial charge in [0.1, 0.15) is 12.6 Å². The molecule has 2 saturated carbocycles. The number of hydrogen-bond acceptors (Lipinski definition) is 7. The van der Waals surface area contributed by atoms with Crippen molar-refractivity contribution in [2.75, 3.05) is 12.3 Å². The summed E-state index contributed by atoms with van der Waals surface area (Å²) in [4.78, 5) is 43.1. The van der Waals surface area contributed by atoms with Gasteiger partial charge in [-0.05, 0) is 102 Å². The third-order valence-corrected chi connectivity index (χ3v) is 15.0. The number of aromatic nitrogens is 1. The molecule has 0 saturated heterocycles. The van der Waals surface area contributed by atoms with Gasteiger partial charge in [0.05, 0.1) is 6.42 Å². The van der Waals surface area contributed by atoms with Crippen LogP contribution >= 0.6 is 21.6 Å². The van der Waals surface area contributed by atoms with Crippen LogP contribution in [0.5, 0.6) is 0 Å². The van der Waals surface area contributed by atoms with E-state index in [4.69, 9.17) is 4.74 Å². The van der Waals surface area contributed by atoms with Crippen molar-refractivity contribution in [2.45, 2.75) is 103 Å². The largest absolute Gasteiger partial charge is 0.480 e. The molecule has 4 aliphatic rings. The highest BCUT2D eigenvalue weighted by Gasteiger charge is 2.57. The van der Waals surface area contributed by atoms with Crippen molar-refractivity contribution in [1.82, 2.24) is 9.88 Å². The van der Waals surface area contributed by atoms with Gasteiger partial charge in [0.15, 0.2) is 0 Å². The summed E-state index contributed by atoms with van der Waals surface area (Å²) >= 11 is 0. The minimum Gasteiger partial charge on any atom is -0.480 e. The third-order valence-electron chi connectivity index (χ3n) is 12.1. The van der Waals surface area contributed by atoms with E-state index in [0.29, 0.717) is 29.9 Å². The van der Waals surface area contributed by atoms with E-state index in [1.54, 1.807) is 21.6 Å². The lowest BCUT2D eigenvalue weighted by Gasteiger charge is -2.57. The van der Waals surface area contributed by atoms with Gasteiger partial charge in [-0.15, -0.1) is 0 Å². The molecule has 1 heterocycles. The minimum atomic E-state index is -1.02. The van der Waals surface area contributed by atoms with E-state index in [9.17, 15) is 19.5 Å². The smallest absolute Gasteiger partial charge is 0.323 e. The average Bonchev–Trinajstić information content (AvgIpc) is 3.44. The number of carbonyl (C=O) groups is 3. The molecule has 0 bridgehead atoms. The summed E-state index contributed by atoms with van der Waals surface area (Å²) in [7, 11) is 3.13. The molecule has 2 aromatic rings. The van der Waals surface area contributed by atoms with Gasteiger partial charge in [0, 0.05) is 42.8 Å². The molecule has 9 heteroatoms. The molecule has 0 aliphatic heterocycles. The average molecular weight is 717 g/mol. The Hall–Kier alpha value is -3.04. The second kappa shape index (κ2) is 15.7. The molecule has 50 heavy (non-hydrogen) atoms. The summed E-state index contributed by atoms with van der Waals surface area (Å²) in [5.74, 6) is 1.21. The highest BCUT2D eigenvalue weighted by atomic mass is 33.1. The summed E-state index contributed by atoms with van der Waals surface area (Å²) in [5, 5.41) is 9.35.